The number of hydrogen-bond donors (Lipinski definition) is 1. The van der Waals surface area contributed by atoms with Crippen LogP contribution in [0.15, 0.2) is 23.8 Å². The molecule has 1 saturated heterocycles. The van der Waals surface area contributed by atoms with Crippen LogP contribution in [0.25, 0.3) is 0 Å². The molecule has 0 aromatic heterocycles. The van der Waals surface area contributed by atoms with E-state index >= 15 is 0 Å². The number of hydrogen-bond acceptors (Lipinski definition) is 2. The summed E-state index contributed by atoms with van der Waals surface area (Å²) in [5, 5.41) is 9.81. The molecule has 0 amide bonds. The molecule has 5 atom stereocenters. The number of aliphatic hydroxyl groups excluding tert-OH is 1. The molecule has 2 nitrogen and oxygen atoms in total. The fourth-order valence-electron chi connectivity index (χ4n) is 3.70. The highest BCUT2D eigenvalue weighted by atomic mass is 16.5. The van der Waals surface area contributed by atoms with Crippen molar-refractivity contribution in [1.29, 1.82) is 0 Å². The lowest BCUT2D eigenvalue weighted by Crippen LogP contribution is -2.55. The number of ether oxygens (including phenoxy) is 1. The highest BCUT2D eigenvalue weighted by molar-refractivity contribution is 5.22. The van der Waals surface area contributed by atoms with Crippen molar-refractivity contribution in [2.45, 2.75) is 33.8 Å². The van der Waals surface area contributed by atoms with Crippen LogP contribution >= 0.6 is 0 Å². The van der Waals surface area contributed by atoms with E-state index in [0.717, 1.165) is 0 Å². The fourth-order valence-corrected chi connectivity index (χ4v) is 3.70. The Morgan fingerprint density at radius 2 is 2.24 bits per heavy atom. The third-order valence-corrected chi connectivity index (χ3v) is 4.97. The smallest absolute Gasteiger partial charge is 0.0823 e. The van der Waals surface area contributed by atoms with Gasteiger partial charge in [0, 0.05) is 11.3 Å². The van der Waals surface area contributed by atoms with Gasteiger partial charge < -0.3 is 9.84 Å². The van der Waals surface area contributed by atoms with Crippen molar-refractivity contribution in [3.63, 3.8) is 0 Å². The Kier molecular flexibility index (Phi) is 3.46. The topological polar surface area (TPSA) is 29.5 Å². The Balaban J connectivity index is 2.40. The minimum absolute atomic E-state index is 0.0811. The van der Waals surface area contributed by atoms with E-state index in [1.807, 2.05) is 6.92 Å². The van der Waals surface area contributed by atoms with Gasteiger partial charge in [-0.15, -0.1) is 0 Å². The first kappa shape index (κ1) is 12.8. The van der Waals surface area contributed by atoms with Gasteiger partial charge in [0.2, 0.25) is 0 Å². The Morgan fingerprint density at radius 3 is 2.82 bits per heavy atom. The van der Waals surface area contributed by atoms with Crippen LogP contribution in [0.5, 0.6) is 0 Å². The standard InChI is InChI=1S/C15H24O2/c1-5-6-13-14-10(2)7-11(3)15(8-16,9-17-13)12(14)4/h5-7,11-14,16H,8-9H2,1-4H3/b6-5+/t11-,12+,13-,14+,15-/m0/s1. The second-order valence-electron chi connectivity index (χ2n) is 5.71. The molecule has 2 aliphatic rings. The molecule has 2 heteroatoms. The zero-order chi connectivity index (χ0) is 12.6. The van der Waals surface area contributed by atoms with Gasteiger partial charge in [0.25, 0.3) is 0 Å². The molecule has 1 heterocycles. The predicted molar refractivity (Wildman–Crippen MR) is 69.6 cm³/mol. The van der Waals surface area contributed by atoms with Gasteiger partial charge in [0.1, 0.15) is 0 Å². The van der Waals surface area contributed by atoms with Gasteiger partial charge >= 0.3 is 0 Å². The summed E-state index contributed by atoms with van der Waals surface area (Å²) in [6.45, 7) is 9.59. The number of allylic oxidation sites excluding steroid dienone is 2. The minimum Gasteiger partial charge on any atom is -0.396 e. The maximum Gasteiger partial charge on any atom is 0.0823 e. The zero-order valence-corrected chi connectivity index (χ0v) is 11.3. The molecule has 0 radical (unpaired) electrons. The molecule has 17 heavy (non-hydrogen) atoms. The lowest BCUT2D eigenvalue weighted by Gasteiger charge is -2.54. The summed E-state index contributed by atoms with van der Waals surface area (Å²) < 4.78 is 6.00. The van der Waals surface area contributed by atoms with Crippen molar-refractivity contribution < 1.29 is 9.84 Å². The average molecular weight is 236 g/mol. The summed E-state index contributed by atoms with van der Waals surface area (Å²) in [5.41, 5.74) is 1.33. The number of rotatable bonds is 2. The lowest BCUT2D eigenvalue weighted by atomic mass is 9.56. The Labute approximate surface area is 104 Å². The van der Waals surface area contributed by atoms with E-state index < -0.39 is 0 Å². The van der Waals surface area contributed by atoms with Gasteiger partial charge in [-0.25, -0.2) is 0 Å². The van der Waals surface area contributed by atoms with Crippen LogP contribution < -0.4 is 0 Å². The van der Waals surface area contributed by atoms with E-state index in [1.165, 1.54) is 5.57 Å². The first-order valence-electron chi connectivity index (χ1n) is 6.60. The van der Waals surface area contributed by atoms with Crippen molar-refractivity contribution in [3.05, 3.63) is 23.8 Å². The molecule has 2 rings (SSSR count). The van der Waals surface area contributed by atoms with Crippen molar-refractivity contribution in [2.24, 2.45) is 23.2 Å². The Bertz CT molecular complexity index is 345. The van der Waals surface area contributed by atoms with Gasteiger partial charge in [0.05, 0.1) is 19.3 Å². The van der Waals surface area contributed by atoms with E-state index in [-0.39, 0.29) is 18.1 Å². The van der Waals surface area contributed by atoms with Crippen LogP contribution in [-0.2, 0) is 4.74 Å². The molecular weight excluding hydrogens is 212 g/mol. The summed E-state index contributed by atoms with van der Waals surface area (Å²) >= 11 is 0. The zero-order valence-electron chi connectivity index (χ0n) is 11.3. The van der Waals surface area contributed by atoms with Gasteiger partial charge in [-0.2, -0.15) is 0 Å². The second-order valence-corrected chi connectivity index (χ2v) is 5.71. The van der Waals surface area contributed by atoms with Gasteiger partial charge in [-0.3, -0.25) is 0 Å². The van der Waals surface area contributed by atoms with Crippen LogP contribution in [0.3, 0.4) is 0 Å². The fraction of sp³-hybridized carbons (Fsp3) is 0.733. The van der Waals surface area contributed by atoms with Crippen LogP contribution in [0.4, 0.5) is 0 Å². The van der Waals surface area contributed by atoms with E-state index in [4.69, 9.17) is 4.74 Å². The third kappa shape index (κ3) is 1.78. The molecule has 1 fully saturated rings. The molecule has 1 aliphatic heterocycles. The second kappa shape index (κ2) is 4.58. The molecule has 1 N–H and O–H groups in total. The molecule has 2 bridgehead atoms. The molecule has 0 saturated carbocycles. The minimum atomic E-state index is -0.0811. The van der Waals surface area contributed by atoms with Crippen LogP contribution in [0.2, 0.25) is 0 Å². The van der Waals surface area contributed by atoms with Crippen molar-refractivity contribution in [1.82, 2.24) is 0 Å². The van der Waals surface area contributed by atoms with Crippen LogP contribution in [-0.4, -0.2) is 24.4 Å². The summed E-state index contributed by atoms with van der Waals surface area (Å²) in [6.07, 6.45) is 6.73. The van der Waals surface area contributed by atoms with Crippen LogP contribution in [0, 0.1) is 23.2 Å². The van der Waals surface area contributed by atoms with E-state index in [9.17, 15) is 5.11 Å². The summed E-state index contributed by atoms with van der Waals surface area (Å²) in [6, 6.07) is 0. The monoisotopic (exact) mass is 236 g/mol. The lowest BCUT2D eigenvalue weighted by molar-refractivity contribution is -0.148. The predicted octanol–water partition coefficient (Wildman–Crippen LogP) is 2.79. The van der Waals surface area contributed by atoms with Gasteiger partial charge in [-0.05, 0) is 25.7 Å². The molecular formula is C15H24O2. The maximum absolute atomic E-state index is 9.81. The Morgan fingerprint density at radius 1 is 1.53 bits per heavy atom. The Hall–Kier alpha value is -0.600. The number of aliphatic hydroxyl groups is 1. The van der Waals surface area contributed by atoms with Gasteiger partial charge in [0.15, 0.2) is 0 Å². The average Bonchev–Trinajstić information content (AvgIpc) is 2.28. The van der Waals surface area contributed by atoms with E-state index in [0.29, 0.717) is 24.4 Å². The van der Waals surface area contributed by atoms with Crippen molar-refractivity contribution in [3.8, 4) is 0 Å². The molecule has 96 valence electrons. The van der Waals surface area contributed by atoms with E-state index in [2.05, 4.69) is 39.0 Å². The quantitative estimate of drug-likeness (QED) is 0.747. The molecule has 0 unspecified atom stereocenters. The first-order chi connectivity index (χ1) is 8.06. The summed E-state index contributed by atoms with van der Waals surface area (Å²) in [7, 11) is 0. The normalized spacial score (nSPS) is 46.1. The highest BCUT2D eigenvalue weighted by Crippen LogP contribution is 2.52. The van der Waals surface area contributed by atoms with Crippen LogP contribution in [0.1, 0.15) is 27.7 Å². The largest absolute Gasteiger partial charge is 0.396 e. The first-order valence-corrected chi connectivity index (χ1v) is 6.60. The molecule has 1 aliphatic carbocycles. The molecule has 0 spiro atoms. The summed E-state index contributed by atoms with van der Waals surface area (Å²) in [5.74, 6) is 1.29. The maximum atomic E-state index is 9.81. The summed E-state index contributed by atoms with van der Waals surface area (Å²) in [4.78, 5) is 0. The van der Waals surface area contributed by atoms with E-state index in [1.54, 1.807) is 0 Å². The molecule has 0 aromatic rings. The SMILES string of the molecule is C/C=C/[C@@H]1OC[C@]2(CO)[C@H](C)[C@H]1C(C)=C[C@@H]2C. The van der Waals surface area contributed by atoms with Crippen molar-refractivity contribution in [2.75, 3.05) is 13.2 Å². The highest BCUT2D eigenvalue weighted by Gasteiger charge is 2.52. The van der Waals surface area contributed by atoms with Crippen molar-refractivity contribution >= 4 is 0 Å². The number of fused-ring (bicyclic) bond motifs is 2. The molecule has 0 aromatic carbocycles. The van der Waals surface area contributed by atoms with Gasteiger partial charge in [-0.1, -0.05) is 37.6 Å². The third-order valence-electron chi connectivity index (χ3n) is 4.97.